The van der Waals surface area contributed by atoms with Crippen LogP contribution in [0, 0.1) is 0 Å². The van der Waals surface area contributed by atoms with E-state index in [0.717, 1.165) is 4.90 Å². The van der Waals surface area contributed by atoms with Crippen molar-refractivity contribution < 1.29 is 24.6 Å². The molecule has 1 amide bonds. The minimum Gasteiger partial charge on any atom is -0.481 e. The summed E-state index contributed by atoms with van der Waals surface area (Å²) >= 11 is 0. The average molecular weight is 189 g/mol. The Labute approximate surface area is 74.8 Å². The van der Waals surface area contributed by atoms with Gasteiger partial charge in [-0.2, -0.15) is 0 Å². The molecule has 6 heteroatoms. The summed E-state index contributed by atoms with van der Waals surface area (Å²) in [6.45, 7) is 0.0955. The van der Waals surface area contributed by atoms with Crippen molar-refractivity contribution in [1.82, 2.24) is 4.90 Å². The third-order valence-corrected chi connectivity index (χ3v) is 1.37. The fraction of sp³-hybridized carbons (Fsp3) is 0.571. The predicted octanol–water partition coefficient (Wildman–Crippen LogP) is -0.606. The van der Waals surface area contributed by atoms with Gasteiger partial charge < -0.3 is 15.1 Å². The summed E-state index contributed by atoms with van der Waals surface area (Å²) in [5.74, 6) is -2.02. The Bertz CT molecular complexity index is 185. The van der Waals surface area contributed by atoms with E-state index in [1.165, 1.54) is 0 Å². The second kappa shape index (κ2) is 5.99. The molecule has 0 saturated heterocycles. The maximum Gasteiger partial charge on any atom is 0.305 e. The minimum absolute atomic E-state index is 0.0477. The van der Waals surface area contributed by atoms with Gasteiger partial charge >= 0.3 is 11.9 Å². The number of hydrogen-bond acceptors (Lipinski definition) is 3. The van der Waals surface area contributed by atoms with Crippen LogP contribution in [0.5, 0.6) is 0 Å². The monoisotopic (exact) mass is 189 g/mol. The molecule has 6 nitrogen and oxygen atoms in total. The molecule has 2 N–H and O–H groups in total. The second-order valence-electron chi connectivity index (χ2n) is 2.43. The summed E-state index contributed by atoms with van der Waals surface area (Å²) in [4.78, 5) is 31.6. The number of amides is 1. The molecule has 0 bridgehead atoms. The van der Waals surface area contributed by atoms with Crippen LogP contribution in [-0.2, 0) is 14.4 Å². The molecule has 0 rings (SSSR count). The zero-order valence-corrected chi connectivity index (χ0v) is 6.97. The molecule has 0 saturated carbocycles. The SMILES string of the molecule is O=CN(CCC(=O)O)CCC(=O)O. The summed E-state index contributed by atoms with van der Waals surface area (Å²) in [5, 5.41) is 16.6. The largest absolute Gasteiger partial charge is 0.481 e. The first-order chi connectivity index (χ1) is 6.06. The average Bonchev–Trinajstić information content (AvgIpc) is 2.04. The van der Waals surface area contributed by atoms with E-state index in [1.807, 2.05) is 0 Å². The van der Waals surface area contributed by atoms with Crippen LogP contribution in [0.2, 0.25) is 0 Å². The van der Waals surface area contributed by atoms with Crippen molar-refractivity contribution in [3.8, 4) is 0 Å². The number of rotatable bonds is 7. The number of carboxylic acids is 2. The van der Waals surface area contributed by atoms with Crippen molar-refractivity contribution in [1.29, 1.82) is 0 Å². The van der Waals surface area contributed by atoms with Crippen LogP contribution >= 0.6 is 0 Å². The third kappa shape index (κ3) is 6.79. The molecule has 0 aliphatic carbocycles. The fourth-order valence-corrected chi connectivity index (χ4v) is 0.696. The molecule has 13 heavy (non-hydrogen) atoms. The van der Waals surface area contributed by atoms with Gasteiger partial charge in [0.2, 0.25) is 6.41 Å². The highest BCUT2D eigenvalue weighted by atomic mass is 16.4. The molecular weight excluding hydrogens is 178 g/mol. The number of carboxylic acid groups (broad SMARTS) is 2. The molecule has 0 fully saturated rings. The number of carbonyl (C=O) groups is 3. The number of hydrogen-bond donors (Lipinski definition) is 2. The van der Waals surface area contributed by atoms with Gasteiger partial charge in [-0.25, -0.2) is 0 Å². The van der Waals surface area contributed by atoms with E-state index >= 15 is 0 Å². The lowest BCUT2D eigenvalue weighted by atomic mass is 10.3. The van der Waals surface area contributed by atoms with Crippen LogP contribution in [0.3, 0.4) is 0 Å². The van der Waals surface area contributed by atoms with Gasteiger partial charge in [-0.15, -0.1) is 0 Å². The Kier molecular flexibility index (Phi) is 5.25. The van der Waals surface area contributed by atoms with Gasteiger partial charge in [-0.3, -0.25) is 14.4 Å². The summed E-state index contributed by atoms with van der Waals surface area (Å²) in [6.07, 6.45) is 0.114. The molecule has 0 unspecified atom stereocenters. The molecule has 0 aromatic carbocycles. The Morgan fingerprint density at radius 2 is 1.46 bits per heavy atom. The van der Waals surface area contributed by atoms with E-state index in [9.17, 15) is 14.4 Å². The first kappa shape index (κ1) is 11.4. The second-order valence-corrected chi connectivity index (χ2v) is 2.43. The standard InChI is InChI=1S/C7H11NO5/c9-5-8(3-1-6(10)11)4-2-7(12)13/h5H,1-4H2,(H,10,11)(H,12,13). The fourth-order valence-electron chi connectivity index (χ4n) is 0.696. The van der Waals surface area contributed by atoms with Crippen LogP contribution in [0.4, 0.5) is 0 Å². The van der Waals surface area contributed by atoms with Gasteiger partial charge in [0.1, 0.15) is 0 Å². The molecule has 0 aromatic rings. The summed E-state index contributed by atoms with van der Waals surface area (Å²) < 4.78 is 0. The lowest BCUT2D eigenvalue weighted by Gasteiger charge is -2.13. The van der Waals surface area contributed by atoms with E-state index in [1.54, 1.807) is 0 Å². The lowest BCUT2D eigenvalue weighted by molar-refractivity contribution is -0.137. The summed E-state index contributed by atoms with van der Waals surface area (Å²) in [5.41, 5.74) is 0. The molecular formula is C7H11NO5. The van der Waals surface area contributed by atoms with Crippen LogP contribution in [0.15, 0.2) is 0 Å². The van der Waals surface area contributed by atoms with Crippen LogP contribution in [-0.4, -0.2) is 46.6 Å². The number of nitrogens with zero attached hydrogens (tertiary/aromatic N) is 1. The highest BCUT2D eigenvalue weighted by Gasteiger charge is 2.06. The molecule has 0 heterocycles. The molecule has 0 aromatic heterocycles. The molecule has 0 atom stereocenters. The van der Waals surface area contributed by atoms with Crippen molar-refractivity contribution in [3.05, 3.63) is 0 Å². The highest BCUT2D eigenvalue weighted by molar-refractivity contribution is 5.68. The van der Waals surface area contributed by atoms with Crippen molar-refractivity contribution in [2.45, 2.75) is 12.8 Å². The van der Waals surface area contributed by atoms with E-state index < -0.39 is 11.9 Å². The lowest BCUT2D eigenvalue weighted by Crippen LogP contribution is -2.27. The first-order valence-corrected chi connectivity index (χ1v) is 3.69. The van der Waals surface area contributed by atoms with Gasteiger partial charge in [0, 0.05) is 13.1 Å². The third-order valence-electron chi connectivity index (χ3n) is 1.37. The summed E-state index contributed by atoms with van der Waals surface area (Å²) in [7, 11) is 0. The van der Waals surface area contributed by atoms with Gasteiger partial charge in [-0.05, 0) is 0 Å². The van der Waals surface area contributed by atoms with E-state index in [0.29, 0.717) is 6.41 Å². The Hall–Kier alpha value is -1.59. The van der Waals surface area contributed by atoms with E-state index in [2.05, 4.69) is 0 Å². The predicted molar refractivity (Wildman–Crippen MR) is 42.1 cm³/mol. The Morgan fingerprint density at radius 1 is 1.08 bits per heavy atom. The van der Waals surface area contributed by atoms with E-state index in [-0.39, 0.29) is 25.9 Å². The molecule has 0 aliphatic heterocycles. The Balaban J connectivity index is 3.69. The molecule has 0 aliphatic rings. The van der Waals surface area contributed by atoms with Crippen LogP contribution in [0.25, 0.3) is 0 Å². The smallest absolute Gasteiger partial charge is 0.305 e. The van der Waals surface area contributed by atoms with Crippen LogP contribution in [0.1, 0.15) is 12.8 Å². The van der Waals surface area contributed by atoms with Crippen molar-refractivity contribution >= 4 is 18.3 Å². The highest BCUT2D eigenvalue weighted by Crippen LogP contribution is 1.91. The zero-order chi connectivity index (χ0) is 10.3. The van der Waals surface area contributed by atoms with Crippen molar-refractivity contribution in [3.63, 3.8) is 0 Å². The summed E-state index contributed by atoms with van der Waals surface area (Å²) in [6, 6.07) is 0. The van der Waals surface area contributed by atoms with E-state index in [4.69, 9.17) is 10.2 Å². The van der Waals surface area contributed by atoms with Gasteiger partial charge in [-0.1, -0.05) is 0 Å². The minimum atomic E-state index is -1.01. The van der Waals surface area contributed by atoms with Gasteiger partial charge in [0.05, 0.1) is 12.8 Å². The van der Waals surface area contributed by atoms with Crippen molar-refractivity contribution in [2.24, 2.45) is 0 Å². The van der Waals surface area contributed by atoms with Gasteiger partial charge in [0.25, 0.3) is 0 Å². The maximum absolute atomic E-state index is 10.3. The quantitative estimate of drug-likeness (QED) is 0.521. The Morgan fingerprint density at radius 3 is 1.69 bits per heavy atom. The molecule has 0 spiro atoms. The van der Waals surface area contributed by atoms with Gasteiger partial charge in [0.15, 0.2) is 0 Å². The molecule has 74 valence electrons. The first-order valence-electron chi connectivity index (χ1n) is 3.69. The number of aliphatic carboxylic acids is 2. The molecule has 0 radical (unpaired) electrons. The van der Waals surface area contributed by atoms with Crippen LogP contribution < -0.4 is 0 Å². The maximum atomic E-state index is 10.3. The topological polar surface area (TPSA) is 94.9 Å². The van der Waals surface area contributed by atoms with Crippen molar-refractivity contribution in [2.75, 3.05) is 13.1 Å². The number of carbonyl (C=O) groups excluding carboxylic acids is 1. The normalized spacial score (nSPS) is 9.23. The zero-order valence-electron chi connectivity index (χ0n) is 6.97.